The monoisotopic (exact) mass is 325 g/mol. The molecule has 5 heteroatoms. The molecule has 1 heterocycles. The van der Waals surface area contributed by atoms with Gasteiger partial charge in [0.1, 0.15) is 19.0 Å². The molecule has 2 aromatic rings. The van der Waals surface area contributed by atoms with Crippen LogP contribution in [0.15, 0.2) is 48.5 Å². The largest absolute Gasteiger partial charge is 0.493 e. The van der Waals surface area contributed by atoms with Gasteiger partial charge in [-0.2, -0.15) is 0 Å². The fraction of sp³-hybridized carbons (Fsp3) is 0.211. The van der Waals surface area contributed by atoms with Gasteiger partial charge in [0.05, 0.1) is 6.61 Å². The van der Waals surface area contributed by atoms with Gasteiger partial charge in [-0.25, -0.2) is 0 Å². The van der Waals surface area contributed by atoms with E-state index in [1.165, 1.54) is 6.08 Å². The number of fused-ring (bicyclic) bond motifs is 1. The molecule has 1 N–H and O–H groups in total. The number of amides is 1. The van der Waals surface area contributed by atoms with Crippen LogP contribution in [0.4, 0.5) is 5.69 Å². The lowest BCUT2D eigenvalue weighted by atomic mass is 10.2. The highest BCUT2D eigenvalue weighted by Crippen LogP contribution is 2.32. The maximum atomic E-state index is 12.1. The highest BCUT2D eigenvalue weighted by molar-refractivity contribution is 6.02. The summed E-state index contributed by atoms with van der Waals surface area (Å²) >= 11 is 0. The van der Waals surface area contributed by atoms with E-state index >= 15 is 0 Å². The SMILES string of the molecule is CCOc1ccccc1/C=C/C(=O)Nc1ccc2c(c1)OCCO2. The van der Waals surface area contributed by atoms with Crippen molar-refractivity contribution >= 4 is 17.7 Å². The van der Waals surface area contributed by atoms with Crippen LogP contribution in [0.5, 0.6) is 17.2 Å². The molecule has 0 saturated heterocycles. The maximum absolute atomic E-state index is 12.1. The second-order valence-corrected chi connectivity index (χ2v) is 5.15. The third-order valence-corrected chi connectivity index (χ3v) is 3.44. The van der Waals surface area contributed by atoms with Crippen LogP contribution in [0.2, 0.25) is 0 Å². The van der Waals surface area contributed by atoms with Crippen molar-refractivity contribution in [1.82, 2.24) is 0 Å². The summed E-state index contributed by atoms with van der Waals surface area (Å²) in [6.07, 6.45) is 3.22. The summed E-state index contributed by atoms with van der Waals surface area (Å²) in [5.41, 5.74) is 1.52. The number of ether oxygens (including phenoxy) is 3. The van der Waals surface area contributed by atoms with Crippen LogP contribution in [-0.4, -0.2) is 25.7 Å². The molecule has 0 radical (unpaired) electrons. The molecule has 5 nitrogen and oxygen atoms in total. The minimum Gasteiger partial charge on any atom is -0.493 e. The number of carbonyl (C=O) groups excluding carboxylic acids is 1. The van der Waals surface area contributed by atoms with E-state index < -0.39 is 0 Å². The zero-order valence-corrected chi connectivity index (χ0v) is 13.5. The van der Waals surface area contributed by atoms with Crippen LogP contribution in [-0.2, 0) is 4.79 Å². The molecule has 3 rings (SSSR count). The molecule has 0 aromatic heterocycles. The van der Waals surface area contributed by atoms with E-state index in [1.54, 1.807) is 24.3 Å². The highest BCUT2D eigenvalue weighted by atomic mass is 16.6. The number of hydrogen-bond acceptors (Lipinski definition) is 4. The fourth-order valence-electron chi connectivity index (χ4n) is 2.38. The quantitative estimate of drug-likeness (QED) is 0.855. The summed E-state index contributed by atoms with van der Waals surface area (Å²) in [5, 5.41) is 2.81. The van der Waals surface area contributed by atoms with E-state index in [1.807, 2.05) is 31.2 Å². The molecular weight excluding hydrogens is 306 g/mol. The first-order chi connectivity index (χ1) is 11.8. The molecule has 0 spiro atoms. The van der Waals surface area contributed by atoms with Crippen LogP contribution >= 0.6 is 0 Å². The summed E-state index contributed by atoms with van der Waals surface area (Å²) in [6, 6.07) is 12.9. The highest BCUT2D eigenvalue weighted by Gasteiger charge is 2.12. The molecular formula is C19H19NO4. The summed E-state index contributed by atoms with van der Waals surface area (Å²) in [6.45, 7) is 3.56. The van der Waals surface area contributed by atoms with Gasteiger partial charge in [-0.05, 0) is 31.2 Å². The van der Waals surface area contributed by atoms with Gasteiger partial charge in [0.2, 0.25) is 5.91 Å². The van der Waals surface area contributed by atoms with Crippen molar-refractivity contribution in [2.75, 3.05) is 25.1 Å². The molecule has 0 atom stereocenters. The topological polar surface area (TPSA) is 56.8 Å². The Kier molecular flexibility index (Phi) is 5.01. The first kappa shape index (κ1) is 15.9. The molecule has 0 fully saturated rings. The summed E-state index contributed by atoms with van der Waals surface area (Å²) in [7, 11) is 0. The lowest BCUT2D eigenvalue weighted by Gasteiger charge is -2.18. The number of para-hydroxylation sites is 1. The van der Waals surface area contributed by atoms with Gasteiger partial charge in [0.25, 0.3) is 0 Å². The molecule has 124 valence electrons. The Bertz CT molecular complexity index is 755. The standard InChI is InChI=1S/C19H19NO4/c1-2-22-16-6-4-3-5-14(16)7-10-19(21)20-15-8-9-17-18(13-15)24-12-11-23-17/h3-10,13H,2,11-12H2,1H3,(H,20,21)/b10-7+. The Hall–Kier alpha value is -2.95. The van der Waals surface area contributed by atoms with Crippen molar-refractivity contribution in [3.05, 3.63) is 54.1 Å². The maximum Gasteiger partial charge on any atom is 0.248 e. The summed E-state index contributed by atoms with van der Waals surface area (Å²) < 4.78 is 16.5. The number of hydrogen-bond donors (Lipinski definition) is 1. The van der Waals surface area contributed by atoms with Crippen molar-refractivity contribution in [2.24, 2.45) is 0 Å². The average Bonchev–Trinajstić information content (AvgIpc) is 2.61. The van der Waals surface area contributed by atoms with E-state index in [9.17, 15) is 4.79 Å². The summed E-state index contributed by atoms with van der Waals surface area (Å²) in [4.78, 5) is 12.1. The molecule has 2 aromatic carbocycles. The van der Waals surface area contributed by atoms with Gasteiger partial charge in [0.15, 0.2) is 11.5 Å². The number of benzene rings is 2. The van der Waals surface area contributed by atoms with Gasteiger partial charge in [-0.3, -0.25) is 4.79 Å². The van der Waals surface area contributed by atoms with E-state index in [2.05, 4.69) is 5.32 Å². The van der Waals surface area contributed by atoms with Crippen molar-refractivity contribution in [2.45, 2.75) is 6.92 Å². The Labute approximate surface area is 140 Å². The van der Waals surface area contributed by atoms with Gasteiger partial charge in [0, 0.05) is 23.4 Å². The van der Waals surface area contributed by atoms with E-state index in [0.717, 1.165) is 11.3 Å². The second kappa shape index (κ2) is 7.55. The van der Waals surface area contributed by atoms with Crippen LogP contribution in [0.25, 0.3) is 6.08 Å². The zero-order valence-electron chi connectivity index (χ0n) is 13.5. The molecule has 1 aliphatic rings. The lowest BCUT2D eigenvalue weighted by molar-refractivity contribution is -0.111. The van der Waals surface area contributed by atoms with E-state index in [0.29, 0.717) is 37.0 Å². The number of anilines is 1. The predicted molar refractivity (Wildman–Crippen MR) is 92.7 cm³/mol. The lowest BCUT2D eigenvalue weighted by Crippen LogP contribution is -2.16. The van der Waals surface area contributed by atoms with Crippen molar-refractivity contribution in [3.8, 4) is 17.2 Å². The Morgan fingerprint density at radius 2 is 1.96 bits per heavy atom. The molecule has 0 unspecified atom stereocenters. The normalized spacial score (nSPS) is 12.9. The first-order valence-corrected chi connectivity index (χ1v) is 7.87. The van der Waals surface area contributed by atoms with Crippen molar-refractivity contribution in [1.29, 1.82) is 0 Å². The zero-order chi connectivity index (χ0) is 16.8. The van der Waals surface area contributed by atoms with Crippen LogP contribution in [0.1, 0.15) is 12.5 Å². The van der Waals surface area contributed by atoms with Crippen LogP contribution in [0.3, 0.4) is 0 Å². The molecule has 24 heavy (non-hydrogen) atoms. The Morgan fingerprint density at radius 3 is 2.79 bits per heavy atom. The second-order valence-electron chi connectivity index (χ2n) is 5.15. The van der Waals surface area contributed by atoms with Gasteiger partial charge in [-0.1, -0.05) is 18.2 Å². The molecule has 1 aliphatic heterocycles. The van der Waals surface area contributed by atoms with Gasteiger partial charge in [-0.15, -0.1) is 0 Å². The van der Waals surface area contributed by atoms with Crippen molar-refractivity contribution < 1.29 is 19.0 Å². The number of carbonyl (C=O) groups is 1. The fourth-order valence-corrected chi connectivity index (χ4v) is 2.38. The molecule has 0 aliphatic carbocycles. The minimum atomic E-state index is -0.224. The smallest absolute Gasteiger partial charge is 0.248 e. The number of rotatable bonds is 5. The Morgan fingerprint density at radius 1 is 1.17 bits per heavy atom. The third kappa shape index (κ3) is 3.87. The molecule has 1 amide bonds. The van der Waals surface area contributed by atoms with Crippen molar-refractivity contribution in [3.63, 3.8) is 0 Å². The van der Waals surface area contributed by atoms with Gasteiger partial charge >= 0.3 is 0 Å². The van der Waals surface area contributed by atoms with Gasteiger partial charge < -0.3 is 19.5 Å². The first-order valence-electron chi connectivity index (χ1n) is 7.87. The average molecular weight is 325 g/mol. The van der Waals surface area contributed by atoms with Crippen LogP contribution in [0, 0.1) is 0 Å². The minimum absolute atomic E-state index is 0.224. The number of nitrogens with one attached hydrogen (secondary N) is 1. The molecule has 0 saturated carbocycles. The molecule has 0 bridgehead atoms. The predicted octanol–water partition coefficient (Wildman–Crippen LogP) is 3.51. The van der Waals surface area contributed by atoms with E-state index in [-0.39, 0.29) is 5.91 Å². The third-order valence-electron chi connectivity index (χ3n) is 3.44. The van der Waals surface area contributed by atoms with Crippen LogP contribution < -0.4 is 19.5 Å². The summed E-state index contributed by atoms with van der Waals surface area (Å²) in [5.74, 6) is 1.87. The Balaban J connectivity index is 1.67. The van der Waals surface area contributed by atoms with E-state index in [4.69, 9.17) is 14.2 Å².